The normalized spacial score (nSPS) is 37.7. The van der Waals surface area contributed by atoms with Crippen LogP contribution >= 0.6 is 0 Å². The summed E-state index contributed by atoms with van der Waals surface area (Å²) in [5.74, 6) is 0. The van der Waals surface area contributed by atoms with Crippen molar-refractivity contribution < 1.29 is 5.11 Å². The van der Waals surface area contributed by atoms with Gasteiger partial charge in [0.05, 0.1) is 6.10 Å². The van der Waals surface area contributed by atoms with Gasteiger partial charge in [0.1, 0.15) is 0 Å². The molecule has 1 heterocycles. The summed E-state index contributed by atoms with van der Waals surface area (Å²) in [5.41, 5.74) is 0. The van der Waals surface area contributed by atoms with E-state index in [0.29, 0.717) is 6.04 Å². The topological polar surface area (TPSA) is 23.5 Å². The van der Waals surface area contributed by atoms with E-state index in [1.54, 1.807) is 0 Å². The quantitative estimate of drug-likeness (QED) is 0.556. The standard InChI is InChI=1S/C7H15NO/c1-3-6-7(9)4-5-8(6)2/h6-7,9H,3-5H2,1-2H3/t6-,7?/m1/s1. The Bertz CT molecular complexity index is 84.9. The lowest BCUT2D eigenvalue weighted by Gasteiger charge is -2.19. The molecule has 2 atom stereocenters. The Kier molecular flexibility index (Phi) is 2.09. The number of aliphatic hydroxyl groups is 1. The third-order valence-electron chi connectivity index (χ3n) is 2.21. The minimum atomic E-state index is -0.0694. The van der Waals surface area contributed by atoms with Gasteiger partial charge in [-0.3, -0.25) is 0 Å². The van der Waals surface area contributed by atoms with Gasteiger partial charge in [0.25, 0.3) is 0 Å². The van der Waals surface area contributed by atoms with E-state index >= 15 is 0 Å². The highest BCUT2D eigenvalue weighted by Crippen LogP contribution is 2.17. The third-order valence-corrected chi connectivity index (χ3v) is 2.21. The number of hydrogen-bond donors (Lipinski definition) is 1. The molecular weight excluding hydrogens is 114 g/mol. The molecule has 1 N–H and O–H groups in total. The van der Waals surface area contributed by atoms with Crippen molar-refractivity contribution in [2.75, 3.05) is 13.6 Å². The molecule has 0 bridgehead atoms. The molecule has 0 radical (unpaired) electrons. The number of likely N-dealkylation sites (N-methyl/N-ethyl adjacent to an activating group) is 1. The molecule has 2 nitrogen and oxygen atoms in total. The second-order valence-electron chi connectivity index (χ2n) is 2.81. The first-order chi connectivity index (χ1) is 4.25. The Morgan fingerprint density at radius 2 is 2.33 bits per heavy atom. The van der Waals surface area contributed by atoms with Crippen molar-refractivity contribution in [3.8, 4) is 0 Å². The van der Waals surface area contributed by atoms with Gasteiger partial charge in [-0.15, -0.1) is 0 Å². The molecular formula is C7H15NO. The summed E-state index contributed by atoms with van der Waals surface area (Å²) in [7, 11) is 2.07. The minimum absolute atomic E-state index is 0.0694. The number of likely N-dealkylation sites (tertiary alicyclic amines) is 1. The highest BCUT2D eigenvalue weighted by Gasteiger charge is 2.27. The maximum absolute atomic E-state index is 9.32. The van der Waals surface area contributed by atoms with Crippen LogP contribution in [0.2, 0.25) is 0 Å². The number of rotatable bonds is 1. The van der Waals surface area contributed by atoms with E-state index in [9.17, 15) is 5.11 Å². The van der Waals surface area contributed by atoms with E-state index in [1.165, 1.54) is 0 Å². The summed E-state index contributed by atoms with van der Waals surface area (Å²) >= 11 is 0. The Morgan fingerprint density at radius 1 is 1.67 bits per heavy atom. The largest absolute Gasteiger partial charge is 0.391 e. The molecule has 0 aliphatic carbocycles. The lowest BCUT2D eigenvalue weighted by Crippen LogP contribution is -2.31. The molecule has 0 aromatic carbocycles. The van der Waals surface area contributed by atoms with Crippen molar-refractivity contribution in [2.45, 2.75) is 31.9 Å². The van der Waals surface area contributed by atoms with Gasteiger partial charge in [-0.2, -0.15) is 0 Å². The van der Waals surface area contributed by atoms with E-state index < -0.39 is 0 Å². The Hall–Kier alpha value is -0.0800. The average Bonchev–Trinajstić information content (AvgIpc) is 2.12. The SMILES string of the molecule is CC[C@@H]1C(O)CCN1C. The van der Waals surface area contributed by atoms with Gasteiger partial charge < -0.3 is 10.0 Å². The van der Waals surface area contributed by atoms with Crippen LogP contribution in [0.1, 0.15) is 19.8 Å². The first kappa shape index (κ1) is 7.03. The third kappa shape index (κ3) is 1.25. The summed E-state index contributed by atoms with van der Waals surface area (Å²) in [5, 5.41) is 9.32. The summed E-state index contributed by atoms with van der Waals surface area (Å²) in [6.07, 6.45) is 1.95. The molecule has 1 aliphatic rings. The van der Waals surface area contributed by atoms with E-state index in [4.69, 9.17) is 0 Å². The molecule has 54 valence electrons. The van der Waals surface area contributed by atoms with Gasteiger partial charge >= 0.3 is 0 Å². The van der Waals surface area contributed by atoms with Crippen LogP contribution in [0.25, 0.3) is 0 Å². The number of aliphatic hydroxyl groups excluding tert-OH is 1. The molecule has 2 heteroatoms. The van der Waals surface area contributed by atoms with Crippen molar-refractivity contribution in [3.63, 3.8) is 0 Å². The zero-order valence-corrected chi connectivity index (χ0v) is 6.17. The molecule has 0 amide bonds. The summed E-state index contributed by atoms with van der Waals surface area (Å²) in [6.45, 7) is 3.18. The van der Waals surface area contributed by atoms with Crippen LogP contribution < -0.4 is 0 Å². The van der Waals surface area contributed by atoms with E-state index in [-0.39, 0.29) is 6.10 Å². The molecule has 0 aromatic heterocycles. The van der Waals surface area contributed by atoms with Crippen LogP contribution in [0.5, 0.6) is 0 Å². The monoisotopic (exact) mass is 129 g/mol. The molecule has 9 heavy (non-hydrogen) atoms. The van der Waals surface area contributed by atoms with Crippen LogP contribution in [-0.2, 0) is 0 Å². The lowest BCUT2D eigenvalue weighted by atomic mass is 10.1. The van der Waals surface area contributed by atoms with Crippen molar-refractivity contribution in [3.05, 3.63) is 0 Å². The van der Waals surface area contributed by atoms with Crippen LogP contribution in [0.4, 0.5) is 0 Å². The van der Waals surface area contributed by atoms with Gasteiger partial charge in [0.15, 0.2) is 0 Å². The van der Waals surface area contributed by atoms with Crippen LogP contribution in [0.3, 0.4) is 0 Å². The van der Waals surface area contributed by atoms with Crippen LogP contribution in [0, 0.1) is 0 Å². The van der Waals surface area contributed by atoms with Gasteiger partial charge in [-0.05, 0) is 19.9 Å². The molecule has 1 aliphatic heterocycles. The lowest BCUT2D eigenvalue weighted by molar-refractivity contribution is 0.124. The number of hydrogen-bond acceptors (Lipinski definition) is 2. The van der Waals surface area contributed by atoms with Gasteiger partial charge in [0, 0.05) is 12.6 Å². The second-order valence-corrected chi connectivity index (χ2v) is 2.81. The Balaban J connectivity index is 2.44. The summed E-state index contributed by atoms with van der Waals surface area (Å²) in [4.78, 5) is 2.23. The second kappa shape index (κ2) is 2.67. The van der Waals surface area contributed by atoms with Crippen molar-refractivity contribution >= 4 is 0 Å². The smallest absolute Gasteiger partial charge is 0.0707 e. The minimum Gasteiger partial charge on any atom is -0.391 e. The molecule has 0 saturated carbocycles. The Labute approximate surface area is 56.5 Å². The van der Waals surface area contributed by atoms with Crippen molar-refractivity contribution in [1.82, 2.24) is 4.90 Å². The van der Waals surface area contributed by atoms with Gasteiger partial charge in [0.2, 0.25) is 0 Å². The van der Waals surface area contributed by atoms with Gasteiger partial charge in [-0.25, -0.2) is 0 Å². The first-order valence-corrected chi connectivity index (χ1v) is 3.64. The summed E-state index contributed by atoms with van der Waals surface area (Å²) < 4.78 is 0. The molecule has 0 aromatic rings. The van der Waals surface area contributed by atoms with Crippen LogP contribution in [-0.4, -0.2) is 35.7 Å². The first-order valence-electron chi connectivity index (χ1n) is 3.64. The fraction of sp³-hybridized carbons (Fsp3) is 1.00. The molecule has 1 saturated heterocycles. The van der Waals surface area contributed by atoms with Gasteiger partial charge in [-0.1, -0.05) is 6.92 Å². The maximum Gasteiger partial charge on any atom is 0.0707 e. The summed E-state index contributed by atoms with van der Waals surface area (Å²) in [6, 6.07) is 0.421. The highest BCUT2D eigenvalue weighted by molar-refractivity contribution is 4.83. The average molecular weight is 129 g/mol. The Morgan fingerprint density at radius 3 is 2.56 bits per heavy atom. The predicted octanol–water partition coefficient (Wildman–Crippen LogP) is 0.461. The zero-order valence-electron chi connectivity index (χ0n) is 6.17. The highest BCUT2D eigenvalue weighted by atomic mass is 16.3. The predicted molar refractivity (Wildman–Crippen MR) is 37.3 cm³/mol. The van der Waals surface area contributed by atoms with E-state index in [2.05, 4.69) is 18.9 Å². The maximum atomic E-state index is 9.32. The zero-order chi connectivity index (χ0) is 6.85. The van der Waals surface area contributed by atoms with E-state index in [0.717, 1.165) is 19.4 Å². The fourth-order valence-corrected chi connectivity index (χ4v) is 1.57. The molecule has 0 spiro atoms. The molecule has 1 fully saturated rings. The van der Waals surface area contributed by atoms with Crippen LogP contribution in [0.15, 0.2) is 0 Å². The van der Waals surface area contributed by atoms with Crippen molar-refractivity contribution in [1.29, 1.82) is 0 Å². The van der Waals surface area contributed by atoms with E-state index in [1.807, 2.05) is 0 Å². The molecule has 1 rings (SSSR count). The fourth-order valence-electron chi connectivity index (χ4n) is 1.57. The molecule has 1 unspecified atom stereocenters. The number of nitrogens with zero attached hydrogens (tertiary/aromatic N) is 1. The van der Waals surface area contributed by atoms with Crippen molar-refractivity contribution in [2.24, 2.45) is 0 Å².